The molecule has 14 heteroatoms. The normalized spacial score (nSPS) is 22.0. The second-order valence-corrected chi connectivity index (χ2v) is 12.0. The number of nitrogens with zero attached hydrogens (tertiary/aromatic N) is 3. The average Bonchev–Trinajstić information content (AvgIpc) is 3.35. The Hall–Kier alpha value is -2.51. The van der Waals surface area contributed by atoms with Crippen molar-refractivity contribution in [1.82, 2.24) is 15.2 Å². The molecule has 0 saturated carbocycles. The Morgan fingerprint density at radius 2 is 2.11 bits per heavy atom. The number of rotatable bonds is 7. The molecular weight excluding hydrogens is 551 g/mol. The van der Waals surface area contributed by atoms with Crippen molar-refractivity contribution in [3.8, 4) is 0 Å². The van der Waals surface area contributed by atoms with Crippen molar-refractivity contribution >= 4 is 62.2 Å². The highest BCUT2D eigenvalue weighted by Gasteiger charge is 2.39. The van der Waals surface area contributed by atoms with Crippen LogP contribution in [0.5, 0.6) is 0 Å². The molecule has 192 valence electrons. The van der Waals surface area contributed by atoms with Gasteiger partial charge in [-0.25, -0.2) is 18.2 Å². The molecule has 1 aromatic heterocycles. The van der Waals surface area contributed by atoms with Crippen LogP contribution in [0.15, 0.2) is 46.0 Å². The number of hydrogen-bond donors (Lipinski definition) is 2. The molecule has 0 aliphatic carbocycles. The molecule has 0 spiro atoms. The predicted molar refractivity (Wildman–Crippen MR) is 136 cm³/mol. The first-order valence-electron chi connectivity index (χ1n) is 10.9. The van der Waals surface area contributed by atoms with Crippen LogP contribution in [0.4, 0.5) is 0 Å². The number of thiazole rings is 1. The Kier molecular flexibility index (Phi) is 8.00. The molecule has 1 fully saturated rings. The van der Waals surface area contributed by atoms with Gasteiger partial charge in [0.05, 0.1) is 23.7 Å². The van der Waals surface area contributed by atoms with Crippen LogP contribution in [-0.2, 0) is 24.2 Å². The van der Waals surface area contributed by atoms with Gasteiger partial charge in [-0.1, -0.05) is 29.3 Å². The second kappa shape index (κ2) is 10.9. The lowest BCUT2D eigenvalue weighted by Crippen LogP contribution is -2.54. The monoisotopic (exact) mass is 572 g/mol. The van der Waals surface area contributed by atoms with Gasteiger partial charge >= 0.3 is 11.9 Å². The molecule has 2 atom stereocenters. The van der Waals surface area contributed by atoms with E-state index in [1.807, 2.05) is 0 Å². The topological polar surface area (TPSA) is 138 Å². The lowest BCUT2D eigenvalue weighted by Gasteiger charge is -2.35. The van der Waals surface area contributed by atoms with Crippen molar-refractivity contribution in [2.24, 2.45) is 4.99 Å². The minimum atomic E-state index is -3.51. The molecule has 4 rings (SSSR count). The molecule has 0 amide bonds. The number of carbonyl (C=O) groups excluding carboxylic acids is 1. The van der Waals surface area contributed by atoms with Crippen molar-refractivity contribution in [3.05, 3.63) is 61.7 Å². The number of aliphatic imine (C=N–C) groups is 1. The molecule has 2 unspecified atom stereocenters. The third-order valence-electron chi connectivity index (χ3n) is 5.70. The van der Waals surface area contributed by atoms with Crippen LogP contribution in [0.2, 0.25) is 10.0 Å². The summed E-state index contributed by atoms with van der Waals surface area (Å²) >= 11 is 13.9. The van der Waals surface area contributed by atoms with E-state index in [2.05, 4.69) is 10.3 Å². The zero-order valence-electron chi connectivity index (χ0n) is 19.0. The van der Waals surface area contributed by atoms with Crippen molar-refractivity contribution in [2.75, 3.05) is 31.2 Å². The zero-order chi connectivity index (χ0) is 26.0. The number of sulfone groups is 1. The quantitative estimate of drug-likeness (QED) is 0.479. The van der Waals surface area contributed by atoms with Crippen molar-refractivity contribution in [2.45, 2.75) is 19.0 Å². The fourth-order valence-electron chi connectivity index (χ4n) is 4.03. The van der Waals surface area contributed by atoms with Gasteiger partial charge < -0.3 is 15.2 Å². The van der Waals surface area contributed by atoms with E-state index in [4.69, 9.17) is 32.9 Å². The molecular formula is C22H22Cl2N4O6S2. The van der Waals surface area contributed by atoms with Gasteiger partial charge in [-0.05, 0) is 19.1 Å². The Bertz CT molecular complexity index is 1340. The lowest BCUT2D eigenvalue weighted by atomic mass is 9.95. The van der Waals surface area contributed by atoms with E-state index in [0.29, 0.717) is 27.1 Å². The molecule has 0 bridgehead atoms. The van der Waals surface area contributed by atoms with E-state index >= 15 is 0 Å². The molecule has 2 aromatic rings. The van der Waals surface area contributed by atoms with Crippen LogP contribution in [0.25, 0.3) is 0 Å². The number of hydrogen-bond acceptors (Lipinski definition) is 10. The van der Waals surface area contributed by atoms with Crippen molar-refractivity contribution < 1.29 is 27.9 Å². The number of carbonyl (C=O) groups is 2. The molecule has 2 N–H and O–H groups in total. The molecule has 1 aromatic carbocycles. The summed E-state index contributed by atoms with van der Waals surface area (Å²) in [5, 5.41) is 15.9. The summed E-state index contributed by atoms with van der Waals surface area (Å²) in [7, 11) is -3.51. The number of carboxylic acid groups (broad SMARTS) is 1. The maximum Gasteiger partial charge on any atom is 0.338 e. The van der Waals surface area contributed by atoms with E-state index in [9.17, 15) is 23.1 Å². The van der Waals surface area contributed by atoms with Gasteiger partial charge in [0.25, 0.3) is 0 Å². The molecule has 1 saturated heterocycles. The number of esters is 1. The van der Waals surface area contributed by atoms with Crippen LogP contribution in [0.1, 0.15) is 23.5 Å². The number of amidine groups is 1. The fourth-order valence-corrected chi connectivity index (χ4v) is 6.64. The van der Waals surface area contributed by atoms with E-state index in [0.717, 1.165) is 0 Å². The zero-order valence-corrected chi connectivity index (χ0v) is 22.1. The van der Waals surface area contributed by atoms with Crippen LogP contribution in [0.3, 0.4) is 0 Å². The standard InChI is InChI=1S/C22H22Cl2N4O6S2/c1-2-34-22(31)17-15(10-28-6-8-36(32,33)11-16(28)21(29)30)26-19(20-25-5-7-35-20)27-18(17)13-4-3-12(23)9-14(13)24/h3-5,7,9,16,18H,2,6,8,10-11H2,1H3,(H,26,27)(H,29,30). The van der Waals surface area contributed by atoms with Crippen molar-refractivity contribution in [3.63, 3.8) is 0 Å². The number of aromatic nitrogens is 1. The van der Waals surface area contributed by atoms with Gasteiger partial charge in [0, 0.05) is 46.0 Å². The molecule has 36 heavy (non-hydrogen) atoms. The van der Waals surface area contributed by atoms with E-state index in [1.165, 1.54) is 22.3 Å². The fraction of sp³-hybridized carbons (Fsp3) is 0.364. The number of aliphatic carboxylic acids is 1. The van der Waals surface area contributed by atoms with Gasteiger partial charge in [-0.3, -0.25) is 14.7 Å². The summed E-state index contributed by atoms with van der Waals surface area (Å²) in [4.78, 5) is 35.7. The number of carboxylic acids is 1. The molecule has 3 heterocycles. The smallest absolute Gasteiger partial charge is 0.338 e. The number of ether oxygens (including phenoxy) is 1. The summed E-state index contributed by atoms with van der Waals surface area (Å²) in [6.07, 6.45) is 1.61. The maximum atomic E-state index is 13.2. The van der Waals surface area contributed by atoms with Gasteiger partial charge in [0.1, 0.15) is 12.1 Å². The van der Waals surface area contributed by atoms with Gasteiger partial charge in [0.2, 0.25) is 0 Å². The first kappa shape index (κ1) is 26.6. The SMILES string of the molecule is CCOC(=O)C1=C(CN2CCS(=O)(=O)CC2C(=O)O)NC(c2nccs2)=NC1c1ccc(Cl)cc1Cl. The van der Waals surface area contributed by atoms with Crippen LogP contribution >= 0.6 is 34.5 Å². The summed E-state index contributed by atoms with van der Waals surface area (Å²) in [5.41, 5.74) is 0.961. The summed E-state index contributed by atoms with van der Waals surface area (Å²) in [6, 6.07) is 2.65. The first-order chi connectivity index (χ1) is 17.1. The largest absolute Gasteiger partial charge is 0.480 e. The average molecular weight is 573 g/mol. The number of benzene rings is 1. The Morgan fingerprint density at radius 1 is 1.33 bits per heavy atom. The van der Waals surface area contributed by atoms with E-state index in [-0.39, 0.29) is 36.0 Å². The van der Waals surface area contributed by atoms with Crippen LogP contribution in [0, 0.1) is 0 Å². The van der Waals surface area contributed by atoms with E-state index in [1.54, 1.807) is 30.6 Å². The van der Waals surface area contributed by atoms with Crippen LogP contribution in [-0.4, -0.2) is 78.4 Å². The lowest BCUT2D eigenvalue weighted by molar-refractivity contribution is -0.142. The van der Waals surface area contributed by atoms with Gasteiger partial charge in [-0.15, -0.1) is 11.3 Å². The third-order valence-corrected chi connectivity index (χ3v) is 8.67. The first-order valence-corrected chi connectivity index (χ1v) is 14.3. The summed E-state index contributed by atoms with van der Waals surface area (Å²) in [6.45, 7) is 1.68. The molecule has 0 radical (unpaired) electrons. The Balaban J connectivity index is 1.84. The molecule has 2 aliphatic rings. The molecule has 10 nitrogen and oxygen atoms in total. The third kappa shape index (κ3) is 5.73. The number of halogens is 2. The molecule has 2 aliphatic heterocycles. The van der Waals surface area contributed by atoms with E-state index < -0.39 is 39.6 Å². The highest BCUT2D eigenvalue weighted by atomic mass is 35.5. The second-order valence-electron chi connectivity index (χ2n) is 8.06. The highest BCUT2D eigenvalue weighted by molar-refractivity contribution is 7.91. The van der Waals surface area contributed by atoms with Gasteiger partial charge in [-0.2, -0.15) is 0 Å². The summed E-state index contributed by atoms with van der Waals surface area (Å²) in [5.74, 6) is -2.28. The van der Waals surface area contributed by atoms with Gasteiger partial charge in [0.15, 0.2) is 20.7 Å². The summed E-state index contributed by atoms with van der Waals surface area (Å²) < 4.78 is 29.6. The van der Waals surface area contributed by atoms with Crippen LogP contribution < -0.4 is 5.32 Å². The maximum absolute atomic E-state index is 13.2. The predicted octanol–water partition coefficient (Wildman–Crippen LogP) is 2.54. The number of nitrogens with one attached hydrogen (secondary N) is 1. The minimum absolute atomic E-state index is 0.0172. The Labute approximate surface area is 221 Å². The Morgan fingerprint density at radius 3 is 2.75 bits per heavy atom. The highest BCUT2D eigenvalue weighted by Crippen LogP contribution is 2.37. The minimum Gasteiger partial charge on any atom is -0.480 e. The van der Waals surface area contributed by atoms with Crippen molar-refractivity contribution in [1.29, 1.82) is 0 Å².